The summed E-state index contributed by atoms with van der Waals surface area (Å²) in [4.78, 5) is 5.28. The van der Waals surface area contributed by atoms with Crippen molar-refractivity contribution in [3.8, 4) is 0 Å². The van der Waals surface area contributed by atoms with Crippen molar-refractivity contribution in [3.63, 3.8) is 0 Å². The number of halogens is 1. The summed E-state index contributed by atoms with van der Waals surface area (Å²) in [5.74, 6) is 0.656. The van der Waals surface area contributed by atoms with E-state index in [4.69, 9.17) is 16.3 Å². The third-order valence-electron chi connectivity index (χ3n) is 5.54. The van der Waals surface area contributed by atoms with Crippen LogP contribution >= 0.6 is 23.4 Å². The lowest BCUT2D eigenvalue weighted by Gasteiger charge is -2.41. The number of rotatable bonds is 5. The Balaban J connectivity index is 1.65. The van der Waals surface area contributed by atoms with Gasteiger partial charge in [0, 0.05) is 60.2 Å². The molecule has 0 bridgehead atoms. The summed E-state index contributed by atoms with van der Waals surface area (Å²) in [5, 5.41) is 4.29. The van der Waals surface area contributed by atoms with Crippen LogP contribution in [0.5, 0.6) is 0 Å². The van der Waals surface area contributed by atoms with Gasteiger partial charge in [0.2, 0.25) is 0 Å². The van der Waals surface area contributed by atoms with E-state index in [-0.39, 0.29) is 0 Å². The monoisotopic (exact) mass is 402 g/mol. The molecule has 3 nitrogen and oxygen atoms in total. The first-order valence-electron chi connectivity index (χ1n) is 9.86. The van der Waals surface area contributed by atoms with Gasteiger partial charge in [-0.05, 0) is 54.7 Å². The number of ether oxygens (including phenoxy) is 1. The fraction of sp³-hybridized carbons (Fsp3) is 0.455. The van der Waals surface area contributed by atoms with Gasteiger partial charge in [-0.15, -0.1) is 0 Å². The molecule has 0 amide bonds. The lowest BCUT2D eigenvalue weighted by molar-refractivity contribution is 0.0206. The Morgan fingerprint density at radius 3 is 2.44 bits per heavy atom. The molecule has 2 fully saturated rings. The van der Waals surface area contributed by atoms with Crippen LogP contribution in [0, 0.1) is 5.92 Å². The average Bonchev–Trinajstić information content (AvgIpc) is 2.73. The molecule has 5 heteroatoms. The van der Waals surface area contributed by atoms with Crippen LogP contribution < -0.4 is 5.32 Å². The lowest BCUT2D eigenvalue weighted by atomic mass is 9.85. The van der Waals surface area contributed by atoms with E-state index in [2.05, 4.69) is 46.6 Å². The van der Waals surface area contributed by atoms with Gasteiger partial charge in [0.1, 0.15) is 0 Å². The van der Waals surface area contributed by atoms with E-state index < -0.39 is 0 Å². The summed E-state index contributed by atoms with van der Waals surface area (Å²) in [6, 6.07) is 17.6. The maximum Gasteiger partial charge on any atom is 0.0469 e. The molecular weight excluding hydrogens is 376 g/mol. The van der Waals surface area contributed by atoms with Crippen LogP contribution in [0.2, 0.25) is 5.02 Å². The van der Waals surface area contributed by atoms with Crippen LogP contribution in [-0.2, 0) is 4.74 Å². The zero-order valence-corrected chi connectivity index (χ0v) is 17.1. The van der Waals surface area contributed by atoms with Gasteiger partial charge in [-0.1, -0.05) is 41.6 Å². The normalized spacial score (nSPS) is 20.5. The first kappa shape index (κ1) is 19.3. The van der Waals surface area contributed by atoms with E-state index in [0.29, 0.717) is 12.0 Å². The average molecular weight is 403 g/mol. The van der Waals surface area contributed by atoms with E-state index in [1.54, 1.807) is 0 Å². The van der Waals surface area contributed by atoms with E-state index >= 15 is 0 Å². The Kier molecular flexibility index (Phi) is 6.74. The second-order valence-corrected chi connectivity index (χ2v) is 8.83. The third-order valence-corrected chi connectivity index (χ3v) is 6.89. The summed E-state index contributed by atoms with van der Waals surface area (Å²) >= 11 is 7.91. The van der Waals surface area contributed by atoms with Crippen molar-refractivity contribution in [1.29, 1.82) is 0 Å². The van der Waals surface area contributed by atoms with Crippen molar-refractivity contribution in [3.05, 3.63) is 59.1 Å². The Morgan fingerprint density at radius 2 is 1.70 bits per heavy atom. The molecule has 144 valence electrons. The molecule has 1 atom stereocenters. The largest absolute Gasteiger partial charge is 0.381 e. The van der Waals surface area contributed by atoms with Crippen molar-refractivity contribution in [1.82, 2.24) is 10.2 Å². The topological polar surface area (TPSA) is 24.5 Å². The molecule has 0 aromatic heterocycles. The van der Waals surface area contributed by atoms with Gasteiger partial charge in [-0.25, -0.2) is 0 Å². The quantitative estimate of drug-likeness (QED) is 0.771. The molecule has 0 spiro atoms. The summed E-state index contributed by atoms with van der Waals surface area (Å²) < 4.78 is 5.66. The molecule has 0 unspecified atom stereocenters. The van der Waals surface area contributed by atoms with Crippen molar-refractivity contribution < 1.29 is 4.74 Å². The molecule has 4 rings (SSSR count). The zero-order chi connectivity index (χ0) is 18.5. The Morgan fingerprint density at radius 1 is 1.00 bits per heavy atom. The minimum atomic E-state index is 0.465. The molecule has 1 N–H and O–H groups in total. The van der Waals surface area contributed by atoms with Gasteiger partial charge in [0.05, 0.1) is 0 Å². The molecule has 2 aliphatic rings. The number of hydrogen-bond donors (Lipinski definition) is 1. The maximum atomic E-state index is 6.07. The van der Waals surface area contributed by atoms with Crippen molar-refractivity contribution >= 4 is 23.4 Å². The number of benzene rings is 2. The fourth-order valence-corrected chi connectivity index (χ4v) is 5.29. The molecule has 2 aliphatic heterocycles. The SMILES string of the molecule is Clc1ccc(Sc2ccccc2[C@@H](C2CCOCC2)N2CCNCC2)cc1. The molecule has 2 aromatic rings. The van der Waals surface area contributed by atoms with E-state index in [1.165, 1.54) is 15.4 Å². The zero-order valence-electron chi connectivity index (χ0n) is 15.6. The first-order chi connectivity index (χ1) is 13.3. The van der Waals surface area contributed by atoms with E-state index in [9.17, 15) is 0 Å². The standard InChI is InChI=1S/C22H27ClN2OS/c23-18-5-7-19(8-6-18)27-21-4-2-1-3-20(21)22(17-9-15-26-16-10-17)25-13-11-24-12-14-25/h1-8,17,22,24H,9-16H2/t22-/m1/s1. The predicted octanol–water partition coefficient (Wildman–Crippen LogP) is 4.86. The molecule has 2 heterocycles. The van der Waals surface area contributed by atoms with Crippen molar-refractivity contribution in [2.45, 2.75) is 28.7 Å². The molecule has 2 aromatic carbocycles. The summed E-state index contributed by atoms with van der Waals surface area (Å²) in [6.07, 6.45) is 2.29. The highest BCUT2D eigenvalue weighted by molar-refractivity contribution is 7.99. The second kappa shape index (κ2) is 9.44. The molecule has 0 radical (unpaired) electrons. The minimum Gasteiger partial charge on any atom is -0.381 e. The molecule has 0 saturated carbocycles. The molecular formula is C22H27ClN2OS. The first-order valence-corrected chi connectivity index (χ1v) is 11.1. The van der Waals surface area contributed by atoms with Gasteiger partial charge in [-0.3, -0.25) is 4.90 Å². The van der Waals surface area contributed by atoms with E-state index in [0.717, 1.165) is 57.3 Å². The van der Waals surface area contributed by atoms with Gasteiger partial charge >= 0.3 is 0 Å². The Labute approximate surface area is 171 Å². The maximum absolute atomic E-state index is 6.07. The van der Waals surface area contributed by atoms with Gasteiger partial charge in [0.15, 0.2) is 0 Å². The molecule has 2 saturated heterocycles. The van der Waals surface area contributed by atoms with Crippen LogP contribution in [0.3, 0.4) is 0 Å². The van der Waals surface area contributed by atoms with Crippen LogP contribution in [0.25, 0.3) is 0 Å². The highest BCUT2D eigenvalue weighted by Crippen LogP contribution is 2.41. The van der Waals surface area contributed by atoms with Crippen LogP contribution in [-0.4, -0.2) is 44.3 Å². The number of nitrogens with one attached hydrogen (secondary N) is 1. The van der Waals surface area contributed by atoms with Crippen LogP contribution in [0.1, 0.15) is 24.4 Å². The summed E-state index contributed by atoms with van der Waals surface area (Å²) in [5.41, 5.74) is 1.46. The highest BCUT2D eigenvalue weighted by Gasteiger charge is 2.32. The Hall–Kier alpha value is -1.04. The predicted molar refractivity (Wildman–Crippen MR) is 113 cm³/mol. The fourth-order valence-electron chi connectivity index (χ4n) is 4.19. The molecule has 0 aliphatic carbocycles. The van der Waals surface area contributed by atoms with Gasteiger partial charge < -0.3 is 10.1 Å². The van der Waals surface area contributed by atoms with Crippen molar-refractivity contribution in [2.24, 2.45) is 5.92 Å². The molecule has 27 heavy (non-hydrogen) atoms. The Bertz CT molecular complexity index is 709. The second-order valence-electron chi connectivity index (χ2n) is 7.27. The summed E-state index contributed by atoms with van der Waals surface area (Å²) in [6.45, 7) is 6.15. The highest BCUT2D eigenvalue weighted by atomic mass is 35.5. The van der Waals surface area contributed by atoms with Crippen molar-refractivity contribution in [2.75, 3.05) is 39.4 Å². The smallest absolute Gasteiger partial charge is 0.0469 e. The number of nitrogens with zero attached hydrogens (tertiary/aromatic N) is 1. The number of hydrogen-bond acceptors (Lipinski definition) is 4. The lowest BCUT2D eigenvalue weighted by Crippen LogP contribution is -2.47. The minimum absolute atomic E-state index is 0.465. The number of piperazine rings is 1. The summed E-state index contributed by atoms with van der Waals surface area (Å²) in [7, 11) is 0. The third kappa shape index (κ3) is 4.87. The van der Waals surface area contributed by atoms with E-state index in [1.807, 2.05) is 23.9 Å². The van der Waals surface area contributed by atoms with Crippen LogP contribution in [0.15, 0.2) is 58.3 Å². The van der Waals surface area contributed by atoms with Gasteiger partial charge in [0.25, 0.3) is 0 Å². The van der Waals surface area contributed by atoms with Gasteiger partial charge in [-0.2, -0.15) is 0 Å². The van der Waals surface area contributed by atoms with Crippen LogP contribution in [0.4, 0.5) is 0 Å².